The molecular weight excluding hydrogens is 322 g/mol. The van der Waals surface area contributed by atoms with E-state index in [0.717, 1.165) is 34.5 Å². The molecule has 1 aliphatic rings. The number of aliphatic hydroxyl groups is 1. The molecule has 0 amide bonds. The molecular formula is C17H25N5OS. The highest BCUT2D eigenvalue weighted by atomic mass is 32.2. The molecule has 0 radical (unpaired) electrons. The van der Waals surface area contributed by atoms with E-state index in [0.29, 0.717) is 11.9 Å². The van der Waals surface area contributed by atoms with Gasteiger partial charge < -0.3 is 9.67 Å². The average molecular weight is 347 g/mol. The van der Waals surface area contributed by atoms with E-state index in [4.69, 9.17) is 9.97 Å². The van der Waals surface area contributed by atoms with Gasteiger partial charge in [-0.1, -0.05) is 34.6 Å². The Labute approximate surface area is 147 Å². The Morgan fingerprint density at radius 1 is 1.25 bits per heavy atom. The van der Waals surface area contributed by atoms with E-state index in [-0.39, 0.29) is 17.9 Å². The zero-order chi connectivity index (χ0) is 17.5. The average Bonchev–Trinajstić information content (AvgIpc) is 3.27. The number of nitrogens with zero attached hydrogens (tertiary/aromatic N) is 5. The highest BCUT2D eigenvalue weighted by Crippen LogP contribution is 2.40. The zero-order valence-electron chi connectivity index (χ0n) is 14.9. The van der Waals surface area contributed by atoms with Gasteiger partial charge in [-0.25, -0.2) is 9.97 Å². The maximum atomic E-state index is 9.48. The number of aromatic nitrogens is 5. The van der Waals surface area contributed by atoms with Crippen LogP contribution in [0.15, 0.2) is 16.2 Å². The first-order valence-electron chi connectivity index (χ1n) is 8.41. The molecule has 0 saturated heterocycles. The van der Waals surface area contributed by atoms with Crippen molar-refractivity contribution in [1.82, 2.24) is 24.7 Å². The molecule has 0 aromatic carbocycles. The van der Waals surface area contributed by atoms with E-state index < -0.39 is 0 Å². The first kappa shape index (κ1) is 17.4. The van der Waals surface area contributed by atoms with Gasteiger partial charge in [-0.15, -0.1) is 10.2 Å². The second-order valence-corrected chi connectivity index (χ2v) is 8.60. The molecule has 1 N–H and O–H groups in total. The van der Waals surface area contributed by atoms with E-state index in [1.807, 2.05) is 6.07 Å². The summed E-state index contributed by atoms with van der Waals surface area (Å²) in [6.45, 7) is 10.6. The molecule has 1 saturated carbocycles. The van der Waals surface area contributed by atoms with E-state index >= 15 is 0 Å². The molecule has 0 aliphatic heterocycles. The SMILES string of the molecule is CC(C)c1nc(Sc2nnc(CO)n2C2CC2)cc(C(C)(C)C)n1. The Morgan fingerprint density at radius 2 is 1.96 bits per heavy atom. The summed E-state index contributed by atoms with van der Waals surface area (Å²) in [5, 5.41) is 19.6. The van der Waals surface area contributed by atoms with E-state index in [9.17, 15) is 5.11 Å². The third-order valence-electron chi connectivity index (χ3n) is 3.99. The summed E-state index contributed by atoms with van der Waals surface area (Å²) < 4.78 is 2.05. The van der Waals surface area contributed by atoms with Crippen LogP contribution in [0, 0.1) is 0 Å². The zero-order valence-corrected chi connectivity index (χ0v) is 15.8. The van der Waals surface area contributed by atoms with Crippen LogP contribution in [-0.4, -0.2) is 29.8 Å². The van der Waals surface area contributed by atoms with Crippen molar-refractivity contribution < 1.29 is 5.11 Å². The van der Waals surface area contributed by atoms with Crippen LogP contribution in [-0.2, 0) is 12.0 Å². The highest BCUT2D eigenvalue weighted by molar-refractivity contribution is 7.99. The fourth-order valence-electron chi connectivity index (χ4n) is 2.42. The van der Waals surface area contributed by atoms with Crippen LogP contribution >= 0.6 is 11.8 Å². The summed E-state index contributed by atoms with van der Waals surface area (Å²) in [5.74, 6) is 1.75. The second kappa shape index (κ2) is 6.44. The monoisotopic (exact) mass is 347 g/mol. The van der Waals surface area contributed by atoms with Gasteiger partial charge in [0.05, 0.1) is 5.69 Å². The maximum Gasteiger partial charge on any atom is 0.197 e. The van der Waals surface area contributed by atoms with Crippen molar-refractivity contribution in [3.05, 3.63) is 23.4 Å². The minimum absolute atomic E-state index is 0.0394. The Hall–Kier alpha value is -1.47. The van der Waals surface area contributed by atoms with Crippen molar-refractivity contribution in [3.8, 4) is 0 Å². The smallest absolute Gasteiger partial charge is 0.197 e. The third kappa shape index (κ3) is 3.62. The van der Waals surface area contributed by atoms with Crippen molar-refractivity contribution in [1.29, 1.82) is 0 Å². The molecule has 2 heterocycles. The first-order chi connectivity index (χ1) is 11.3. The van der Waals surface area contributed by atoms with Gasteiger partial charge in [-0.3, -0.25) is 0 Å². The minimum Gasteiger partial charge on any atom is -0.388 e. The van der Waals surface area contributed by atoms with Crippen LogP contribution in [0.2, 0.25) is 0 Å². The minimum atomic E-state index is -0.0850. The summed E-state index contributed by atoms with van der Waals surface area (Å²) in [7, 11) is 0. The number of aliphatic hydroxyl groups excluding tert-OH is 1. The summed E-state index contributed by atoms with van der Waals surface area (Å²) in [5.41, 5.74) is 0.992. The van der Waals surface area contributed by atoms with Gasteiger partial charge in [0.1, 0.15) is 17.5 Å². The Balaban J connectivity index is 1.98. The van der Waals surface area contributed by atoms with Crippen molar-refractivity contribution in [3.63, 3.8) is 0 Å². The van der Waals surface area contributed by atoms with Crippen molar-refractivity contribution in [2.45, 2.75) is 81.6 Å². The fraction of sp³-hybridized carbons (Fsp3) is 0.647. The van der Waals surface area contributed by atoms with E-state index in [1.165, 1.54) is 11.8 Å². The molecule has 3 rings (SSSR count). The summed E-state index contributed by atoms with van der Waals surface area (Å²) >= 11 is 1.51. The Bertz CT molecular complexity index is 731. The molecule has 1 aliphatic carbocycles. The van der Waals surface area contributed by atoms with Crippen LogP contribution < -0.4 is 0 Å². The van der Waals surface area contributed by atoms with Gasteiger partial charge in [0, 0.05) is 17.4 Å². The van der Waals surface area contributed by atoms with Gasteiger partial charge in [-0.2, -0.15) is 0 Å². The lowest BCUT2D eigenvalue weighted by Crippen LogP contribution is -2.16. The quantitative estimate of drug-likeness (QED) is 0.835. The molecule has 0 spiro atoms. The van der Waals surface area contributed by atoms with Crippen LogP contribution in [0.4, 0.5) is 0 Å². The van der Waals surface area contributed by atoms with Crippen molar-refractivity contribution in [2.75, 3.05) is 0 Å². The molecule has 7 heteroatoms. The number of hydrogen-bond acceptors (Lipinski definition) is 6. The van der Waals surface area contributed by atoms with Crippen molar-refractivity contribution in [2.24, 2.45) is 0 Å². The largest absolute Gasteiger partial charge is 0.388 e. The van der Waals surface area contributed by atoms with Crippen molar-refractivity contribution >= 4 is 11.8 Å². The van der Waals surface area contributed by atoms with Crippen LogP contribution in [0.1, 0.15) is 76.8 Å². The van der Waals surface area contributed by atoms with Gasteiger partial charge in [0.2, 0.25) is 0 Å². The Morgan fingerprint density at radius 3 is 2.50 bits per heavy atom. The lowest BCUT2D eigenvalue weighted by molar-refractivity contribution is 0.263. The third-order valence-corrected chi connectivity index (χ3v) is 4.87. The molecule has 2 aromatic rings. The topological polar surface area (TPSA) is 76.7 Å². The molecule has 24 heavy (non-hydrogen) atoms. The van der Waals surface area contributed by atoms with Gasteiger partial charge in [0.15, 0.2) is 11.0 Å². The van der Waals surface area contributed by atoms with E-state index in [1.54, 1.807) is 0 Å². The molecule has 6 nitrogen and oxygen atoms in total. The lowest BCUT2D eigenvalue weighted by Gasteiger charge is -2.20. The standard InChI is InChI=1S/C17H25N5OS/c1-10(2)15-18-12(17(3,4)5)8-14(19-15)24-16-21-20-13(9-23)22(16)11-6-7-11/h8,10-11,23H,6-7,9H2,1-5H3. The molecule has 0 bridgehead atoms. The molecule has 130 valence electrons. The summed E-state index contributed by atoms with van der Waals surface area (Å²) in [6, 6.07) is 2.46. The number of rotatable bonds is 5. The normalized spacial score (nSPS) is 15.3. The van der Waals surface area contributed by atoms with Gasteiger partial charge in [-0.05, 0) is 30.7 Å². The van der Waals surface area contributed by atoms with Crippen LogP contribution in [0.3, 0.4) is 0 Å². The molecule has 0 atom stereocenters. The lowest BCUT2D eigenvalue weighted by atomic mass is 9.92. The summed E-state index contributed by atoms with van der Waals surface area (Å²) in [6.07, 6.45) is 2.24. The molecule has 1 fully saturated rings. The summed E-state index contributed by atoms with van der Waals surface area (Å²) in [4.78, 5) is 9.44. The fourth-order valence-corrected chi connectivity index (χ4v) is 3.35. The first-order valence-corrected chi connectivity index (χ1v) is 9.23. The molecule has 2 aromatic heterocycles. The van der Waals surface area contributed by atoms with Gasteiger partial charge >= 0.3 is 0 Å². The van der Waals surface area contributed by atoms with Crippen LogP contribution in [0.5, 0.6) is 0 Å². The van der Waals surface area contributed by atoms with E-state index in [2.05, 4.69) is 49.4 Å². The molecule has 0 unspecified atom stereocenters. The van der Waals surface area contributed by atoms with Crippen LogP contribution in [0.25, 0.3) is 0 Å². The maximum absolute atomic E-state index is 9.48. The predicted octanol–water partition coefficient (Wildman–Crippen LogP) is 3.47. The number of hydrogen-bond donors (Lipinski definition) is 1. The second-order valence-electron chi connectivity index (χ2n) is 7.61. The highest BCUT2D eigenvalue weighted by Gasteiger charge is 2.30. The predicted molar refractivity (Wildman–Crippen MR) is 93.2 cm³/mol. The van der Waals surface area contributed by atoms with Gasteiger partial charge in [0.25, 0.3) is 0 Å². The Kier molecular flexibility index (Phi) is 4.66.